The summed E-state index contributed by atoms with van der Waals surface area (Å²) in [4.78, 5) is 0. The van der Waals surface area contributed by atoms with Gasteiger partial charge in [-0.2, -0.15) is 0 Å². The Morgan fingerprint density at radius 3 is 1.83 bits per heavy atom. The van der Waals surface area contributed by atoms with Gasteiger partial charge in [0.2, 0.25) is 0 Å². The SMILES string of the molecule is CC.CCC(CC)C(N)CNC. The molecule has 0 heterocycles. The van der Waals surface area contributed by atoms with Crippen molar-refractivity contribution in [2.45, 2.75) is 46.6 Å². The van der Waals surface area contributed by atoms with Gasteiger partial charge in [0, 0.05) is 12.6 Å². The number of hydrogen-bond donors (Lipinski definition) is 2. The van der Waals surface area contributed by atoms with Gasteiger partial charge in [-0.05, 0) is 13.0 Å². The molecule has 0 bridgehead atoms. The molecule has 0 radical (unpaired) electrons. The van der Waals surface area contributed by atoms with Crippen molar-refractivity contribution >= 4 is 0 Å². The molecule has 0 aliphatic rings. The smallest absolute Gasteiger partial charge is 0.0193 e. The summed E-state index contributed by atoms with van der Waals surface area (Å²) in [5.74, 6) is 0.687. The quantitative estimate of drug-likeness (QED) is 0.669. The van der Waals surface area contributed by atoms with E-state index >= 15 is 0 Å². The molecule has 0 saturated heterocycles. The van der Waals surface area contributed by atoms with Gasteiger partial charge in [0.15, 0.2) is 0 Å². The second-order valence-corrected chi connectivity index (χ2v) is 2.80. The third-order valence-corrected chi connectivity index (χ3v) is 2.09. The zero-order chi connectivity index (χ0) is 9.98. The van der Waals surface area contributed by atoms with E-state index in [9.17, 15) is 0 Å². The summed E-state index contributed by atoms with van der Waals surface area (Å²) >= 11 is 0. The van der Waals surface area contributed by atoms with E-state index in [2.05, 4.69) is 19.2 Å². The zero-order valence-corrected chi connectivity index (χ0v) is 9.35. The van der Waals surface area contributed by atoms with E-state index in [0.717, 1.165) is 6.54 Å². The van der Waals surface area contributed by atoms with Crippen LogP contribution in [0.1, 0.15) is 40.5 Å². The van der Waals surface area contributed by atoms with E-state index in [-0.39, 0.29) is 0 Å². The summed E-state index contributed by atoms with van der Waals surface area (Å²) in [7, 11) is 1.95. The molecule has 0 aliphatic heterocycles. The fraction of sp³-hybridized carbons (Fsp3) is 1.00. The molecule has 1 atom stereocenters. The van der Waals surface area contributed by atoms with E-state index < -0.39 is 0 Å². The second kappa shape index (κ2) is 10.9. The molecular weight excluding hydrogens is 148 g/mol. The molecule has 0 fully saturated rings. The highest BCUT2D eigenvalue weighted by molar-refractivity contribution is 4.71. The van der Waals surface area contributed by atoms with Crippen molar-refractivity contribution in [1.29, 1.82) is 0 Å². The fourth-order valence-electron chi connectivity index (χ4n) is 1.30. The highest BCUT2D eigenvalue weighted by Crippen LogP contribution is 2.09. The summed E-state index contributed by atoms with van der Waals surface area (Å²) < 4.78 is 0. The van der Waals surface area contributed by atoms with Crippen LogP contribution in [0.25, 0.3) is 0 Å². The van der Waals surface area contributed by atoms with Crippen molar-refractivity contribution in [3.05, 3.63) is 0 Å². The molecule has 12 heavy (non-hydrogen) atoms. The lowest BCUT2D eigenvalue weighted by Crippen LogP contribution is -2.38. The minimum atomic E-state index is 0.333. The van der Waals surface area contributed by atoms with Crippen molar-refractivity contribution in [3.63, 3.8) is 0 Å². The Bertz CT molecular complexity index is 70.2. The van der Waals surface area contributed by atoms with E-state index in [0.29, 0.717) is 12.0 Å². The molecule has 2 heteroatoms. The van der Waals surface area contributed by atoms with Gasteiger partial charge in [0.05, 0.1) is 0 Å². The molecule has 0 saturated carbocycles. The minimum Gasteiger partial charge on any atom is -0.326 e. The number of rotatable bonds is 5. The maximum atomic E-state index is 5.89. The van der Waals surface area contributed by atoms with E-state index in [1.54, 1.807) is 0 Å². The summed E-state index contributed by atoms with van der Waals surface area (Å²) in [6, 6.07) is 0.333. The topological polar surface area (TPSA) is 38.0 Å². The Balaban J connectivity index is 0. The predicted octanol–water partition coefficient (Wildman–Crippen LogP) is 2.00. The first kappa shape index (κ1) is 14.4. The van der Waals surface area contributed by atoms with Crippen LogP contribution in [0.5, 0.6) is 0 Å². The van der Waals surface area contributed by atoms with Crippen LogP contribution in [-0.2, 0) is 0 Å². The van der Waals surface area contributed by atoms with Crippen LogP contribution in [0, 0.1) is 5.92 Å². The van der Waals surface area contributed by atoms with Crippen molar-refractivity contribution in [3.8, 4) is 0 Å². The van der Waals surface area contributed by atoms with Gasteiger partial charge in [-0.3, -0.25) is 0 Å². The fourth-order valence-corrected chi connectivity index (χ4v) is 1.30. The van der Waals surface area contributed by atoms with Gasteiger partial charge in [0.1, 0.15) is 0 Å². The first-order chi connectivity index (χ1) is 5.76. The third kappa shape index (κ3) is 6.62. The largest absolute Gasteiger partial charge is 0.326 e. The molecule has 3 N–H and O–H groups in total. The molecule has 0 amide bonds. The summed E-state index contributed by atoms with van der Waals surface area (Å²) in [5.41, 5.74) is 5.89. The predicted molar refractivity (Wildman–Crippen MR) is 57.3 cm³/mol. The highest BCUT2D eigenvalue weighted by Gasteiger charge is 2.11. The normalized spacial score (nSPS) is 12.2. The molecule has 0 aromatic heterocycles. The van der Waals surface area contributed by atoms with Crippen LogP contribution in [0.2, 0.25) is 0 Å². The van der Waals surface area contributed by atoms with Crippen LogP contribution >= 0.6 is 0 Å². The van der Waals surface area contributed by atoms with Crippen LogP contribution in [0.4, 0.5) is 0 Å². The molecule has 2 nitrogen and oxygen atoms in total. The molecule has 1 unspecified atom stereocenters. The van der Waals surface area contributed by atoms with Gasteiger partial charge in [-0.25, -0.2) is 0 Å². The Kier molecular flexibility index (Phi) is 13.1. The van der Waals surface area contributed by atoms with Gasteiger partial charge < -0.3 is 11.1 Å². The summed E-state index contributed by atoms with van der Waals surface area (Å²) in [6.45, 7) is 9.33. The third-order valence-electron chi connectivity index (χ3n) is 2.09. The van der Waals surface area contributed by atoms with Crippen LogP contribution in [0.3, 0.4) is 0 Å². The molecule has 0 aromatic rings. The summed E-state index contributed by atoms with van der Waals surface area (Å²) in [6.07, 6.45) is 2.39. The van der Waals surface area contributed by atoms with Gasteiger partial charge >= 0.3 is 0 Å². The van der Waals surface area contributed by atoms with Crippen molar-refractivity contribution in [2.24, 2.45) is 11.7 Å². The molecule has 0 aliphatic carbocycles. The molecular formula is C10H26N2. The van der Waals surface area contributed by atoms with Crippen molar-refractivity contribution in [2.75, 3.05) is 13.6 Å². The lowest BCUT2D eigenvalue weighted by atomic mass is 9.95. The Labute approximate surface area is 77.9 Å². The Hall–Kier alpha value is -0.0800. The standard InChI is InChI=1S/C8H20N2.C2H6/c1-4-7(5-2)8(9)6-10-3;1-2/h7-8,10H,4-6,9H2,1-3H3;1-2H3. The van der Waals surface area contributed by atoms with E-state index in [1.807, 2.05) is 20.9 Å². The maximum Gasteiger partial charge on any atom is 0.0193 e. The second-order valence-electron chi connectivity index (χ2n) is 2.80. The number of likely N-dealkylation sites (N-methyl/N-ethyl adjacent to an activating group) is 1. The zero-order valence-electron chi connectivity index (χ0n) is 9.35. The monoisotopic (exact) mass is 174 g/mol. The van der Waals surface area contributed by atoms with Gasteiger partial charge in [-0.1, -0.05) is 40.5 Å². The average Bonchev–Trinajstić information content (AvgIpc) is 2.11. The average molecular weight is 174 g/mol. The lowest BCUT2D eigenvalue weighted by Gasteiger charge is -2.20. The Morgan fingerprint density at radius 2 is 1.58 bits per heavy atom. The first-order valence-electron chi connectivity index (χ1n) is 5.16. The summed E-state index contributed by atoms with van der Waals surface area (Å²) in [5, 5.41) is 3.09. The van der Waals surface area contributed by atoms with Crippen LogP contribution in [0.15, 0.2) is 0 Å². The molecule has 76 valence electrons. The van der Waals surface area contributed by atoms with Crippen molar-refractivity contribution < 1.29 is 0 Å². The Morgan fingerprint density at radius 1 is 1.17 bits per heavy atom. The minimum absolute atomic E-state index is 0.333. The van der Waals surface area contributed by atoms with E-state index in [4.69, 9.17) is 5.73 Å². The van der Waals surface area contributed by atoms with Gasteiger partial charge in [-0.15, -0.1) is 0 Å². The number of nitrogens with one attached hydrogen (secondary N) is 1. The van der Waals surface area contributed by atoms with E-state index in [1.165, 1.54) is 12.8 Å². The number of hydrogen-bond acceptors (Lipinski definition) is 2. The molecule has 0 spiro atoms. The highest BCUT2D eigenvalue weighted by atomic mass is 14.9. The lowest BCUT2D eigenvalue weighted by molar-refractivity contribution is 0.386. The van der Waals surface area contributed by atoms with Crippen LogP contribution in [-0.4, -0.2) is 19.6 Å². The van der Waals surface area contributed by atoms with Gasteiger partial charge in [0.25, 0.3) is 0 Å². The number of nitrogens with two attached hydrogens (primary N) is 1. The molecule has 0 aromatic carbocycles. The maximum absolute atomic E-state index is 5.89. The van der Waals surface area contributed by atoms with Crippen LogP contribution < -0.4 is 11.1 Å². The first-order valence-corrected chi connectivity index (χ1v) is 5.16. The molecule has 0 rings (SSSR count). The van der Waals surface area contributed by atoms with Crippen molar-refractivity contribution in [1.82, 2.24) is 5.32 Å².